The van der Waals surface area contributed by atoms with E-state index in [2.05, 4.69) is 4.90 Å². The van der Waals surface area contributed by atoms with Crippen molar-refractivity contribution < 1.29 is 18.3 Å². The average molecular weight is 312 g/mol. The van der Waals surface area contributed by atoms with E-state index in [0.717, 1.165) is 25.1 Å². The van der Waals surface area contributed by atoms with Crippen LogP contribution in [0.5, 0.6) is 0 Å². The van der Waals surface area contributed by atoms with Gasteiger partial charge in [0.15, 0.2) is 11.1 Å². The highest BCUT2D eigenvalue weighted by molar-refractivity contribution is 7.79. The summed E-state index contributed by atoms with van der Waals surface area (Å²) in [6.07, 6.45) is 5.75. The normalized spacial score (nSPS) is 18.6. The van der Waals surface area contributed by atoms with E-state index in [-0.39, 0.29) is 17.9 Å². The fourth-order valence-corrected chi connectivity index (χ4v) is 2.49. The van der Waals surface area contributed by atoms with E-state index in [0.29, 0.717) is 13.0 Å². The molecule has 0 bridgehead atoms. The number of carbonyl (C=O) groups excluding carboxylic acids is 1. The Balaban J connectivity index is 2.66. The van der Waals surface area contributed by atoms with Crippen molar-refractivity contribution in [1.29, 1.82) is 5.26 Å². The third-order valence-electron chi connectivity index (χ3n) is 3.07. The minimum absolute atomic E-state index is 0.0207. The van der Waals surface area contributed by atoms with E-state index >= 15 is 0 Å². The molecule has 1 rings (SSSR count). The summed E-state index contributed by atoms with van der Waals surface area (Å²) < 4.78 is 24.2. The van der Waals surface area contributed by atoms with Crippen LogP contribution in [-0.2, 0) is 20.6 Å². The summed E-state index contributed by atoms with van der Waals surface area (Å²) in [5.41, 5.74) is 1.02. The molecule has 0 aromatic carbocycles. The van der Waals surface area contributed by atoms with Gasteiger partial charge in [-0.3, -0.25) is 0 Å². The van der Waals surface area contributed by atoms with Crippen LogP contribution in [0.2, 0.25) is 0 Å². The van der Waals surface area contributed by atoms with Gasteiger partial charge in [0.1, 0.15) is 11.6 Å². The van der Waals surface area contributed by atoms with Crippen LogP contribution in [0.1, 0.15) is 26.2 Å². The standard InChI is InChI=1S/C14H20N2O4S/c1-2-20-14(17)12(11-15)6-7-13-5-3-8-16(13)9-4-10-21(18)19/h6-7H,2-5,8-10H2,1H3,(H,18,19)/b12-6+,13-7-. The molecule has 1 heterocycles. The lowest BCUT2D eigenvalue weighted by Crippen LogP contribution is -2.20. The first kappa shape index (κ1) is 17.4. The molecule has 21 heavy (non-hydrogen) atoms. The first-order valence-electron chi connectivity index (χ1n) is 6.89. The minimum atomic E-state index is -1.76. The first-order chi connectivity index (χ1) is 10.1. The van der Waals surface area contributed by atoms with Crippen molar-refractivity contribution in [3.05, 3.63) is 23.4 Å². The minimum Gasteiger partial charge on any atom is -0.462 e. The number of hydrogen-bond acceptors (Lipinski definition) is 5. The molecule has 1 N–H and O–H groups in total. The predicted octanol–water partition coefficient (Wildman–Crippen LogP) is 1.59. The number of nitriles is 1. The molecule has 1 saturated heterocycles. The quantitative estimate of drug-likeness (QED) is 0.332. The van der Waals surface area contributed by atoms with Crippen LogP contribution >= 0.6 is 0 Å². The van der Waals surface area contributed by atoms with Crippen molar-refractivity contribution in [3.8, 4) is 6.07 Å². The second kappa shape index (κ2) is 9.32. The number of hydrogen-bond donors (Lipinski definition) is 1. The molecule has 1 aliphatic rings. The van der Waals surface area contributed by atoms with Crippen molar-refractivity contribution in [2.75, 3.05) is 25.4 Å². The van der Waals surface area contributed by atoms with Gasteiger partial charge in [0.05, 0.1) is 12.4 Å². The van der Waals surface area contributed by atoms with Gasteiger partial charge in [0.25, 0.3) is 0 Å². The Kier molecular flexibility index (Phi) is 7.72. The summed E-state index contributed by atoms with van der Waals surface area (Å²) in [5, 5.41) is 8.94. The van der Waals surface area contributed by atoms with E-state index in [4.69, 9.17) is 14.6 Å². The van der Waals surface area contributed by atoms with E-state index in [9.17, 15) is 9.00 Å². The summed E-state index contributed by atoms with van der Waals surface area (Å²) >= 11 is -1.76. The Morgan fingerprint density at radius 1 is 1.62 bits per heavy atom. The van der Waals surface area contributed by atoms with Gasteiger partial charge >= 0.3 is 5.97 Å². The van der Waals surface area contributed by atoms with Crippen LogP contribution in [0.4, 0.5) is 0 Å². The first-order valence-corrected chi connectivity index (χ1v) is 8.16. The maximum atomic E-state index is 11.5. The lowest BCUT2D eigenvalue weighted by molar-refractivity contribution is -0.138. The molecule has 1 atom stereocenters. The Labute approximate surface area is 127 Å². The van der Waals surface area contributed by atoms with E-state index in [1.54, 1.807) is 13.0 Å². The molecule has 0 saturated carbocycles. The molecule has 116 valence electrons. The average Bonchev–Trinajstić information content (AvgIpc) is 2.87. The highest BCUT2D eigenvalue weighted by atomic mass is 32.2. The molecular weight excluding hydrogens is 292 g/mol. The second-order valence-corrected chi connectivity index (χ2v) is 5.59. The van der Waals surface area contributed by atoms with Crippen LogP contribution in [0.15, 0.2) is 23.4 Å². The van der Waals surface area contributed by atoms with Gasteiger partial charge in [0, 0.05) is 18.8 Å². The van der Waals surface area contributed by atoms with E-state index < -0.39 is 17.0 Å². The van der Waals surface area contributed by atoms with Crippen LogP contribution in [0.25, 0.3) is 0 Å². The molecule has 7 heteroatoms. The van der Waals surface area contributed by atoms with E-state index in [1.165, 1.54) is 6.08 Å². The molecule has 1 aliphatic heterocycles. The van der Waals surface area contributed by atoms with Gasteiger partial charge in [-0.25, -0.2) is 9.00 Å². The fraction of sp³-hybridized carbons (Fsp3) is 0.571. The number of ether oxygens (including phenoxy) is 1. The zero-order valence-corrected chi connectivity index (χ0v) is 12.9. The van der Waals surface area contributed by atoms with Gasteiger partial charge in [-0.05, 0) is 38.3 Å². The molecule has 0 aromatic heterocycles. The van der Waals surface area contributed by atoms with Crippen molar-refractivity contribution in [2.24, 2.45) is 0 Å². The van der Waals surface area contributed by atoms with Gasteiger partial charge in [-0.1, -0.05) is 0 Å². The van der Waals surface area contributed by atoms with Crippen LogP contribution in [0.3, 0.4) is 0 Å². The SMILES string of the molecule is CCOC(=O)/C(C#N)=C/C=C1/CCCN1CCCS(=O)O. The number of rotatable bonds is 7. The number of nitrogens with zero attached hydrogens (tertiary/aromatic N) is 2. The molecule has 0 aromatic rings. The van der Waals surface area contributed by atoms with E-state index in [1.807, 2.05) is 6.07 Å². The summed E-state index contributed by atoms with van der Waals surface area (Å²) in [6.45, 7) is 3.51. The molecule has 6 nitrogen and oxygen atoms in total. The molecule has 0 spiro atoms. The summed E-state index contributed by atoms with van der Waals surface area (Å²) in [7, 11) is 0. The fourth-order valence-electron chi connectivity index (χ4n) is 2.12. The maximum Gasteiger partial charge on any atom is 0.348 e. The second-order valence-electron chi connectivity index (χ2n) is 4.54. The van der Waals surface area contributed by atoms with Crippen molar-refractivity contribution >= 4 is 17.0 Å². The summed E-state index contributed by atoms with van der Waals surface area (Å²) in [5.74, 6) is -0.358. The lowest BCUT2D eigenvalue weighted by Gasteiger charge is -2.19. The Hall–Kier alpha value is -1.65. The highest BCUT2D eigenvalue weighted by Crippen LogP contribution is 2.21. The highest BCUT2D eigenvalue weighted by Gasteiger charge is 2.16. The molecule has 0 aliphatic carbocycles. The lowest BCUT2D eigenvalue weighted by atomic mass is 10.2. The van der Waals surface area contributed by atoms with Crippen LogP contribution in [0, 0.1) is 11.3 Å². The van der Waals surface area contributed by atoms with Gasteiger partial charge < -0.3 is 14.2 Å². The summed E-state index contributed by atoms with van der Waals surface area (Å²) in [4.78, 5) is 13.6. The molecular formula is C14H20N2O4S. The molecule has 1 fully saturated rings. The monoisotopic (exact) mass is 312 g/mol. The molecule has 1 unspecified atom stereocenters. The summed E-state index contributed by atoms with van der Waals surface area (Å²) in [6, 6.07) is 1.83. The number of allylic oxidation sites excluding steroid dienone is 3. The molecule has 0 radical (unpaired) electrons. The topological polar surface area (TPSA) is 90.6 Å². The smallest absolute Gasteiger partial charge is 0.348 e. The van der Waals surface area contributed by atoms with Crippen LogP contribution in [-0.4, -0.2) is 45.1 Å². The number of esters is 1. The van der Waals surface area contributed by atoms with Gasteiger partial charge in [-0.15, -0.1) is 0 Å². The van der Waals surface area contributed by atoms with Crippen LogP contribution < -0.4 is 0 Å². The van der Waals surface area contributed by atoms with Gasteiger partial charge in [-0.2, -0.15) is 5.26 Å². The largest absolute Gasteiger partial charge is 0.462 e. The Morgan fingerprint density at radius 3 is 3.00 bits per heavy atom. The molecule has 0 amide bonds. The maximum absolute atomic E-state index is 11.5. The van der Waals surface area contributed by atoms with Crippen molar-refractivity contribution in [3.63, 3.8) is 0 Å². The zero-order valence-electron chi connectivity index (χ0n) is 12.1. The van der Waals surface area contributed by atoms with Crippen molar-refractivity contribution in [1.82, 2.24) is 4.90 Å². The number of carbonyl (C=O) groups is 1. The predicted molar refractivity (Wildman–Crippen MR) is 79.5 cm³/mol. The number of likely N-dealkylation sites (tertiary alicyclic amines) is 1. The van der Waals surface area contributed by atoms with Gasteiger partial charge in [0.2, 0.25) is 0 Å². The Morgan fingerprint density at radius 2 is 2.38 bits per heavy atom. The van der Waals surface area contributed by atoms with Crippen molar-refractivity contribution in [2.45, 2.75) is 26.2 Å². The third kappa shape index (κ3) is 6.10. The third-order valence-corrected chi connectivity index (χ3v) is 3.71. The Bertz CT molecular complexity index is 494. The zero-order chi connectivity index (χ0) is 15.7.